The number of anilines is 3. The molecule has 0 unspecified atom stereocenters. The van der Waals surface area contributed by atoms with Gasteiger partial charge >= 0.3 is 0 Å². The van der Waals surface area contributed by atoms with Crippen molar-refractivity contribution in [3.63, 3.8) is 0 Å². The van der Waals surface area contributed by atoms with Crippen molar-refractivity contribution >= 4 is 64.4 Å². The van der Waals surface area contributed by atoms with Crippen molar-refractivity contribution in [3.8, 4) is 5.75 Å². The maximum atomic E-state index is 13.6. The minimum atomic E-state index is -0.489. The lowest BCUT2D eigenvalue weighted by molar-refractivity contribution is -0.115. The fourth-order valence-corrected chi connectivity index (χ4v) is 6.81. The van der Waals surface area contributed by atoms with Crippen LogP contribution in [0, 0.1) is 0 Å². The van der Waals surface area contributed by atoms with Crippen LogP contribution in [0.1, 0.15) is 22.8 Å². The number of ether oxygens (including phenoxy) is 1. The number of rotatable bonds is 10. The predicted octanol–water partition coefficient (Wildman–Crippen LogP) is 8.42. The van der Waals surface area contributed by atoms with Gasteiger partial charge in [-0.2, -0.15) is 0 Å². The molecule has 5 aromatic carbocycles. The fourth-order valence-electron chi connectivity index (χ4n) is 5.00. The highest BCUT2D eigenvalue weighted by Crippen LogP contribution is 2.48. The Labute approximate surface area is 282 Å². The lowest BCUT2D eigenvalue weighted by atomic mass is 10.1. The standard InChI is InChI=1S/C38H31N3O4S2/c1-2-45-33-17-9-6-14-27(33)24-30(40-37(43)26-12-4-3-5-13-26)38(44)39-28-20-22-29(23-21-28)46-25-36(42)41-31-15-7-10-18-34(31)47-35-19-11-8-16-32(35)41/h3-24H,2,25H2,1H3,(H,39,44)(H,40,43)/b30-24-. The van der Waals surface area contributed by atoms with E-state index in [1.807, 2.05) is 97.9 Å². The number of benzene rings is 5. The Morgan fingerprint density at radius 1 is 0.766 bits per heavy atom. The molecule has 47 heavy (non-hydrogen) atoms. The summed E-state index contributed by atoms with van der Waals surface area (Å²) in [6, 6.07) is 39.1. The van der Waals surface area contributed by atoms with Crippen LogP contribution in [-0.4, -0.2) is 30.1 Å². The van der Waals surface area contributed by atoms with Crippen molar-refractivity contribution in [3.05, 3.63) is 144 Å². The molecule has 5 aromatic rings. The summed E-state index contributed by atoms with van der Waals surface area (Å²) in [6.45, 7) is 2.34. The van der Waals surface area contributed by atoms with Crippen LogP contribution in [-0.2, 0) is 9.59 Å². The molecule has 0 saturated heterocycles. The molecule has 0 radical (unpaired) electrons. The smallest absolute Gasteiger partial charge is 0.272 e. The Morgan fingerprint density at radius 2 is 1.38 bits per heavy atom. The molecule has 3 amide bonds. The molecule has 1 aliphatic rings. The van der Waals surface area contributed by atoms with Gasteiger partial charge in [-0.25, -0.2) is 0 Å². The van der Waals surface area contributed by atoms with Gasteiger partial charge in [0, 0.05) is 31.5 Å². The predicted molar refractivity (Wildman–Crippen MR) is 189 cm³/mol. The van der Waals surface area contributed by atoms with Gasteiger partial charge in [-0.3, -0.25) is 19.3 Å². The number of fused-ring (bicyclic) bond motifs is 2. The van der Waals surface area contributed by atoms with Crippen molar-refractivity contribution < 1.29 is 19.1 Å². The van der Waals surface area contributed by atoms with E-state index in [0.717, 1.165) is 26.1 Å². The van der Waals surface area contributed by atoms with Gasteiger partial charge in [-0.15, -0.1) is 11.8 Å². The third kappa shape index (κ3) is 7.60. The van der Waals surface area contributed by atoms with Gasteiger partial charge in [0.1, 0.15) is 11.4 Å². The molecular formula is C38H31N3O4S2. The monoisotopic (exact) mass is 657 g/mol. The van der Waals surface area contributed by atoms with Crippen molar-refractivity contribution in [1.29, 1.82) is 0 Å². The zero-order valence-corrected chi connectivity index (χ0v) is 27.1. The van der Waals surface area contributed by atoms with E-state index in [1.165, 1.54) is 11.8 Å². The van der Waals surface area contributed by atoms with Gasteiger partial charge in [0.2, 0.25) is 5.91 Å². The number of carbonyl (C=O) groups is 3. The normalized spacial score (nSPS) is 12.0. The summed E-state index contributed by atoms with van der Waals surface area (Å²) in [5.41, 5.74) is 3.45. The van der Waals surface area contributed by atoms with Crippen LogP contribution in [0.4, 0.5) is 17.1 Å². The van der Waals surface area contributed by atoms with Gasteiger partial charge in [0.05, 0.1) is 23.7 Å². The maximum Gasteiger partial charge on any atom is 0.272 e. The van der Waals surface area contributed by atoms with Crippen LogP contribution >= 0.6 is 23.5 Å². The quantitative estimate of drug-likeness (QED) is 0.116. The lowest BCUT2D eigenvalue weighted by Gasteiger charge is -2.31. The van der Waals surface area contributed by atoms with Crippen LogP contribution in [0.3, 0.4) is 0 Å². The topological polar surface area (TPSA) is 87.7 Å². The summed E-state index contributed by atoms with van der Waals surface area (Å²) in [7, 11) is 0. The number of para-hydroxylation sites is 3. The molecule has 6 rings (SSSR count). The largest absolute Gasteiger partial charge is 0.493 e. The highest BCUT2D eigenvalue weighted by atomic mass is 32.2. The summed E-state index contributed by atoms with van der Waals surface area (Å²) >= 11 is 3.09. The zero-order chi connectivity index (χ0) is 32.6. The molecule has 0 saturated carbocycles. The van der Waals surface area contributed by atoms with Crippen LogP contribution < -0.4 is 20.3 Å². The molecule has 0 aromatic heterocycles. The van der Waals surface area contributed by atoms with Crippen molar-refractivity contribution in [2.45, 2.75) is 21.6 Å². The first-order valence-corrected chi connectivity index (χ1v) is 16.8. The molecule has 2 N–H and O–H groups in total. The van der Waals surface area contributed by atoms with E-state index in [0.29, 0.717) is 29.2 Å². The third-order valence-corrected chi connectivity index (χ3v) is 9.33. The number of amides is 3. The molecule has 0 atom stereocenters. The van der Waals surface area contributed by atoms with E-state index in [4.69, 9.17) is 4.74 Å². The Balaban J connectivity index is 1.16. The van der Waals surface area contributed by atoms with Crippen molar-refractivity contribution in [2.24, 2.45) is 0 Å². The summed E-state index contributed by atoms with van der Waals surface area (Å²) in [5.74, 6) is -0.0907. The number of nitrogens with one attached hydrogen (secondary N) is 2. The first-order valence-electron chi connectivity index (χ1n) is 15.0. The van der Waals surface area contributed by atoms with E-state index < -0.39 is 11.8 Å². The molecule has 9 heteroatoms. The van der Waals surface area contributed by atoms with Gasteiger partial charge in [0.15, 0.2) is 0 Å². The second kappa shape index (κ2) is 14.9. The third-order valence-electron chi connectivity index (χ3n) is 7.20. The highest BCUT2D eigenvalue weighted by Gasteiger charge is 2.27. The second-order valence-corrected chi connectivity index (χ2v) is 12.5. The van der Waals surface area contributed by atoms with E-state index in [9.17, 15) is 14.4 Å². The van der Waals surface area contributed by atoms with Gasteiger partial charge in [0.25, 0.3) is 11.8 Å². The molecule has 0 fully saturated rings. The Kier molecular flexibility index (Phi) is 10.1. The summed E-state index contributed by atoms with van der Waals surface area (Å²) in [6.07, 6.45) is 1.60. The van der Waals surface area contributed by atoms with E-state index in [2.05, 4.69) is 10.6 Å². The number of thioether (sulfide) groups is 1. The highest BCUT2D eigenvalue weighted by molar-refractivity contribution is 8.00. The Morgan fingerprint density at radius 3 is 2.06 bits per heavy atom. The van der Waals surface area contributed by atoms with Crippen LogP contribution in [0.2, 0.25) is 0 Å². The molecular weight excluding hydrogens is 627 g/mol. The minimum absolute atomic E-state index is 0.0242. The minimum Gasteiger partial charge on any atom is -0.493 e. The van der Waals surface area contributed by atoms with E-state index in [1.54, 1.807) is 59.1 Å². The lowest BCUT2D eigenvalue weighted by Crippen LogP contribution is -2.30. The second-order valence-electron chi connectivity index (χ2n) is 10.4. The number of hydrogen-bond donors (Lipinski definition) is 2. The molecule has 0 aliphatic carbocycles. The zero-order valence-electron chi connectivity index (χ0n) is 25.5. The van der Waals surface area contributed by atoms with Crippen molar-refractivity contribution in [2.75, 3.05) is 22.6 Å². The van der Waals surface area contributed by atoms with E-state index in [-0.39, 0.29) is 17.4 Å². The Hall–Kier alpha value is -5.25. The van der Waals surface area contributed by atoms with Gasteiger partial charge < -0.3 is 15.4 Å². The summed E-state index contributed by atoms with van der Waals surface area (Å²) in [5, 5.41) is 5.65. The number of nitrogens with zero attached hydrogens (tertiary/aromatic N) is 1. The maximum absolute atomic E-state index is 13.6. The molecule has 0 spiro atoms. The van der Waals surface area contributed by atoms with Crippen molar-refractivity contribution in [1.82, 2.24) is 5.32 Å². The molecule has 1 aliphatic heterocycles. The average Bonchev–Trinajstić information content (AvgIpc) is 3.11. The number of carbonyl (C=O) groups excluding carboxylic acids is 3. The molecule has 234 valence electrons. The van der Waals surface area contributed by atoms with Crippen LogP contribution in [0.15, 0.2) is 148 Å². The first kappa shape index (κ1) is 31.7. The van der Waals surface area contributed by atoms with Crippen LogP contribution in [0.25, 0.3) is 6.08 Å². The number of hydrogen-bond acceptors (Lipinski definition) is 6. The Bertz CT molecular complexity index is 1900. The van der Waals surface area contributed by atoms with Gasteiger partial charge in [-0.1, -0.05) is 72.4 Å². The summed E-state index contributed by atoms with van der Waals surface area (Å²) in [4.78, 5) is 44.9. The SMILES string of the molecule is CCOc1ccccc1/C=C(\NC(=O)c1ccccc1)C(=O)Nc1ccc(SCC(=O)N2c3ccccc3Sc3ccccc32)cc1. The van der Waals surface area contributed by atoms with E-state index >= 15 is 0 Å². The molecule has 1 heterocycles. The molecule has 7 nitrogen and oxygen atoms in total. The van der Waals surface area contributed by atoms with Gasteiger partial charge in [-0.05, 0) is 79.7 Å². The first-order chi connectivity index (χ1) is 23.0. The fraction of sp³-hybridized carbons (Fsp3) is 0.0789. The summed E-state index contributed by atoms with van der Waals surface area (Å²) < 4.78 is 5.73. The van der Waals surface area contributed by atoms with Crippen LogP contribution in [0.5, 0.6) is 5.75 Å². The molecule has 0 bridgehead atoms. The average molecular weight is 658 g/mol.